The molecule has 1 aliphatic rings. The van der Waals surface area contributed by atoms with E-state index in [1.807, 2.05) is 17.0 Å². The highest BCUT2D eigenvalue weighted by atomic mass is 19.2. The van der Waals surface area contributed by atoms with E-state index in [0.717, 1.165) is 24.3 Å². The van der Waals surface area contributed by atoms with Gasteiger partial charge in [0.25, 0.3) is 0 Å². The molecule has 11 heteroatoms. The second kappa shape index (κ2) is 11.2. The molecule has 0 bridgehead atoms. The molecule has 1 unspecified atom stereocenters. The highest BCUT2D eigenvalue weighted by Gasteiger charge is 2.29. The van der Waals surface area contributed by atoms with Crippen LogP contribution in [0.2, 0.25) is 0 Å². The van der Waals surface area contributed by atoms with Crippen molar-refractivity contribution in [1.29, 1.82) is 0 Å². The number of aromatic hydroxyl groups is 1. The fraction of sp³-hybridized carbons (Fsp3) is 0.333. The molecule has 2 heterocycles. The summed E-state index contributed by atoms with van der Waals surface area (Å²) < 4.78 is 62.9. The molecule has 1 aromatic heterocycles. The van der Waals surface area contributed by atoms with Gasteiger partial charge in [-0.1, -0.05) is 0 Å². The van der Waals surface area contributed by atoms with Crippen LogP contribution >= 0.6 is 0 Å². The van der Waals surface area contributed by atoms with Gasteiger partial charge in [-0.3, -0.25) is 14.5 Å². The second-order valence-electron chi connectivity index (χ2n) is 8.86. The van der Waals surface area contributed by atoms with Gasteiger partial charge in [-0.2, -0.15) is 0 Å². The van der Waals surface area contributed by atoms with Crippen molar-refractivity contribution in [2.75, 3.05) is 27.9 Å². The number of esters is 1. The largest absolute Gasteiger partial charge is 0.502 e. The van der Waals surface area contributed by atoms with Gasteiger partial charge in [-0.05, 0) is 47.4 Å². The van der Waals surface area contributed by atoms with E-state index in [1.54, 1.807) is 14.2 Å². The van der Waals surface area contributed by atoms with E-state index in [-0.39, 0.29) is 23.6 Å². The number of hydrogen-bond donors (Lipinski definition) is 1. The van der Waals surface area contributed by atoms with Crippen molar-refractivity contribution >= 4 is 5.97 Å². The summed E-state index contributed by atoms with van der Waals surface area (Å²) in [5, 5.41) is 10.5. The van der Waals surface area contributed by atoms with Gasteiger partial charge in [0.2, 0.25) is 11.2 Å². The SMILES string of the molecule is COC(=O)CC(c1cc(F)c(F)c(F)c1)c1oc(CN2CCc3cc(OC)c(OC)cc3C2)cc(=O)c1O. The van der Waals surface area contributed by atoms with Gasteiger partial charge in [0.05, 0.1) is 40.2 Å². The van der Waals surface area contributed by atoms with Crippen molar-refractivity contribution in [3.63, 3.8) is 0 Å². The molecule has 1 aliphatic heterocycles. The Balaban J connectivity index is 1.68. The number of benzene rings is 2. The van der Waals surface area contributed by atoms with Gasteiger partial charge in [-0.15, -0.1) is 0 Å². The van der Waals surface area contributed by atoms with Gasteiger partial charge in [-0.25, -0.2) is 13.2 Å². The number of hydrogen-bond acceptors (Lipinski definition) is 8. The maximum Gasteiger partial charge on any atom is 0.306 e. The molecule has 0 spiro atoms. The lowest BCUT2D eigenvalue weighted by Crippen LogP contribution is -2.30. The van der Waals surface area contributed by atoms with E-state index in [2.05, 4.69) is 4.74 Å². The summed E-state index contributed by atoms with van der Waals surface area (Å²) in [5.74, 6) is -6.65. The van der Waals surface area contributed by atoms with Crippen molar-refractivity contribution < 1.29 is 41.7 Å². The third-order valence-electron chi connectivity index (χ3n) is 6.50. The van der Waals surface area contributed by atoms with Crippen molar-refractivity contribution in [2.45, 2.75) is 31.8 Å². The molecule has 2 aromatic carbocycles. The Morgan fingerprint density at radius 2 is 1.66 bits per heavy atom. The number of nitrogens with zero attached hydrogens (tertiary/aromatic N) is 1. The van der Waals surface area contributed by atoms with Crippen molar-refractivity contribution in [1.82, 2.24) is 4.90 Å². The minimum Gasteiger partial charge on any atom is -0.502 e. The zero-order chi connectivity index (χ0) is 27.6. The highest BCUT2D eigenvalue weighted by Crippen LogP contribution is 2.36. The maximum absolute atomic E-state index is 14.0. The molecule has 1 atom stereocenters. The van der Waals surface area contributed by atoms with E-state index in [9.17, 15) is 27.9 Å². The highest BCUT2D eigenvalue weighted by molar-refractivity contribution is 5.71. The number of halogens is 3. The summed E-state index contributed by atoms with van der Waals surface area (Å²) in [6.45, 7) is 1.27. The molecule has 202 valence electrons. The number of fused-ring (bicyclic) bond motifs is 1. The van der Waals surface area contributed by atoms with Crippen molar-refractivity contribution in [2.24, 2.45) is 0 Å². The van der Waals surface area contributed by atoms with Crippen molar-refractivity contribution in [3.8, 4) is 17.2 Å². The topological polar surface area (TPSA) is 98.4 Å². The van der Waals surface area contributed by atoms with Gasteiger partial charge in [0, 0.05) is 19.2 Å². The van der Waals surface area contributed by atoms with E-state index in [1.165, 1.54) is 0 Å². The average Bonchev–Trinajstić information content (AvgIpc) is 2.91. The molecule has 38 heavy (non-hydrogen) atoms. The molecule has 3 aromatic rings. The lowest BCUT2D eigenvalue weighted by molar-refractivity contribution is -0.140. The Morgan fingerprint density at radius 3 is 2.26 bits per heavy atom. The van der Waals surface area contributed by atoms with Crippen LogP contribution in [0.15, 0.2) is 39.5 Å². The number of carbonyl (C=O) groups is 1. The lowest BCUT2D eigenvalue weighted by atomic mass is 9.92. The smallest absolute Gasteiger partial charge is 0.306 e. The first-order valence-electron chi connectivity index (χ1n) is 11.7. The summed E-state index contributed by atoms with van der Waals surface area (Å²) in [4.78, 5) is 26.8. The van der Waals surface area contributed by atoms with Crippen LogP contribution in [-0.4, -0.2) is 43.8 Å². The Kier molecular flexibility index (Phi) is 7.96. The van der Waals surface area contributed by atoms with Crippen molar-refractivity contribution in [3.05, 3.63) is 86.2 Å². The first kappa shape index (κ1) is 27.1. The van der Waals surface area contributed by atoms with Crippen LogP contribution < -0.4 is 14.9 Å². The third kappa shape index (κ3) is 5.47. The summed E-state index contributed by atoms with van der Waals surface area (Å²) >= 11 is 0. The van der Waals surface area contributed by atoms with Crippen LogP contribution in [-0.2, 0) is 29.0 Å². The number of methoxy groups -OCH3 is 3. The summed E-state index contributed by atoms with van der Waals surface area (Å²) in [6.07, 6.45) is 0.156. The fourth-order valence-electron chi connectivity index (χ4n) is 4.55. The van der Waals surface area contributed by atoms with Crippen LogP contribution in [0.1, 0.15) is 40.5 Å². The Morgan fingerprint density at radius 1 is 1.03 bits per heavy atom. The lowest BCUT2D eigenvalue weighted by Gasteiger charge is -2.29. The van der Waals surface area contributed by atoms with Gasteiger partial charge in [0.1, 0.15) is 5.76 Å². The average molecular weight is 533 g/mol. The molecule has 0 aliphatic carbocycles. The molecule has 4 rings (SSSR count). The Bertz CT molecular complexity index is 1400. The molecule has 0 amide bonds. The van der Waals surface area contributed by atoms with Crippen LogP contribution in [0.4, 0.5) is 13.2 Å². The monoisotopic (exact) mass is 533 g/mol. The van der Waals surface area contributed by atoms with Crippen LogP contribution in [0.25, 0.3) is 0 Å². The number of carbonyl (C=O) groups excluding carboxylic acids is 1. The zero-order valence-corrected chi connectivity index (χ0v) is 21.0. The normalized spacial score (nSPS) is 14.1. The first-order valence-corrected chi connectivity index (χ1v) is 11.7. The minimum atomic E-state index is -1.69. The quantitative estimate of drug-likeness (QED) is 0.342. The van der Waals surface area contributed by atoms with Gasteiger partial charge < -0.3 is 23.7 Å². The fourth-order valence-corrected chi connectivity index (χ4v) is 4.55. The van der Waals surface area contributed by atoms with Crippen LogP contribution in [0.5, 0.6) is 17.2 Å². The maximum atomic E-state index is 14.0. The molecule has 0 saturated carbocycles. The number of ether oxygens (including phenoxy) is 3. The third-order valence-corrected chi connectivity index (χ3v) is 6.50. The molecular formula is C27H26F3NO7. The molecule has 1 N–H and O–H groups in total. The summed E-state index contributed by atoms with van der Waals surface area (Å²) in [5.41, 5.74) is 1.07. The molecule has 0 saturated heterocycles. The van der Waals surface area contributed by atoms with E-state index in [4.69, 9.17) is 13.9 Å². The van der Waals surface area contributed by atoms with Crippen LogP contribution in [0.3, 0.4) is 0 Å². The standard InChI is InChI=1S/C27H26F3NO7/c1-35-22-8-14-4-5-31(12-16(14)9-23(22)36-2)13-17-10-21(32)26(34)27(38-17)18(11-24(33)37-3)15-6-19(28)25(30)20(29)7-15/h6-10,18,34H,4-5,11-13H2,1-3H3. The number of rotatable bonds is 8. The van der Waals surface area contributed by atoms with Gasteiger partial charge in [0.15, 0.2) is 34.7 Å². The zero-order valence-electron chi connectivity index (χ0n) is 21.0. The Labute approximate surface area is 216 Å². The van der Waals surface area contributed by atoms with Gasteiger partial charge >= 0.3 is 5.97 Å². The first-order chi connectivity index (χ1) is 18.1. The second-order valence-corrected chi connectivity index (χ2v) is 8.86. The molecular weight excluding hydrogens is 507 g/mol. The predicted molar refractivity (Wildman–Crippen MR) is 129 cm³/mol. The van der Waals surface area contributed by atoms with E-state index in [0.29, 0.717) is 43.1 Å². The van der Waals surface area contributed by atoms with E-state index < -0.39 is 46.9 Å². The minimum absolute atomic E-state index is 0.157. The Hall–Kier alpha value is -3.99. The molecule has 0 radical (unpaired) electrons. The van der Waals surface area contributed by atoms with Crippen LogP contribution in [0, 0.1) is 17.5 Å². The van der Waals surface area contributed by atoms with E-state index >= 15 is 0 Å². The predicted octanol–water partition coefficient (Wildman–Crippen LogP) is 4.03. The summed E-state index contributed by atoms with van der Waals surface area (Å²) in [7, 11) is 4.21. The molecule has 0 fully saturated rings. The summed E-state index contributed by atoms with van der Waals surface area (Å²) in [6, 6.07) is 6.28. The molecule has 8 nitrogen and oxygen atoms in total.